The number of hydrogen-bond acceptors (Lipinski definition) is 5. The average molecular weight is 466 g/mol. The third-order valence-electron chi connectivity index (χ3n) is 6.15. The third-order valence-corrected chi connectivity index (χ3v) is 7.36. The van der Waals surface area contributed by atoms with Crippen LogP contribution in [0.25, 0.3) is 11.4 Å². The van der Waals surface area contributed by atoms with E-state index in [1.54, 1.807) is 0 Å². The number of aromatic nitrogens is 2. The van der Waals surface area contributed by atoms with Crippen LogP contribution in [0.5, 0.6) is 5.75 Å². The predicted octanol–water partition coefficient (Wildman–Crippen LogP) is 4.60. The van der Waals surface area contributed by atoms with Crippen molar-refractivity contribution in [3.63, 3.8) is 0 Å². The van der Waals surface area contributed by atoms with Gasteiger partial charge in [0.1, 0.15) is 5.75 Å². The maximum atomic E-state index is 11.9. The van der Waals surface area contributed by atoms with Crippen molar-refractivity contribution in [1.82, 2.24) is 14.3 Å². The fourth-order valence-corrected chi connectivity index (χ4v) is 5.02. The molecule has 2 aromatic carbocycles. The van der Waals surface area contributed by atoms with E-state index in [1.165, 1.54) is 21.7 Å². The lowest BCUT2D eigenvalue weighted by atomic mass is 9.92. The maximum Gasteiger partial charge on any atom is 0.211 e. The second-order valence-corrected chi connectivity index (χ2v) is 10.7. The van der Waals surface area contributed by atoms with Gasteiger partial charge in [-0.3, -0.25) is 0 Å². The lowest BCUT2D eigenvalue weighted by Gasteiger charge is -2.31. The summed E-state index contributed by atoms with van der Waals surface area (Å²) in [5.74, 6) is 1.74. The second kappa shape index (κ2) is 10.0. The van der Waals surface area contributed by atoms with Crippen molar-refractivity contribution >= 4 is 10.0 Å². The monoisotopic (exact) mass is 465 g/mol. The molecule has 1 aliphatic rings. The van der Waals surface area contributed by atoms with Gasteiger partial charge in [0.05, 0.1) is 12.9 Å². The lowest BCUT2D eigenvalue weighted by Crippen LogP contribution is -2.36. The van der Waals surface area contributed by atoms with Gasteiger partial charge in [0.15, 0.2) is 5.82 Å². The van der Waals surface area contributed by atoms with E-state index < -0.39 is 10.0 Å². The van der Waals surface area contributed by atoms with Crippen LogP contribution in [0.2, 0.25) is 0 Å². The molecule has 4 rings (SSSR count). The van der Waals surface area contributed by atoms with E-state index in [9.17, 15) is 8.42 Å². The summed E-state index contributed by atoms with van der Waals surface area (Å²) < 4.78 is 31.4. The van der Waals surface area contributed by atoms with Gasteiger partial charge in [-0.15, -0.1) is 0 Å². The van der Waals surface area contributed by atoms with Gasteiger partial charge in [-0.1, -0.05) is 44.2 Å². The van der Waals surface area contributed by atoms with Crippen molar-refractivity contribution in [2.45, 2.75) is 45.6 Å². The third kappa shape index (κ3) is 5.78. The number of rotatable bonds is 8. The lowest BCUT2D eigenvalue weighted by molar-refractivity contribution is 0.308. The first-order chi connectivity index (χ1) is 15.8. The molecule has 1 atom stereocenters. The summed E-state index contributed by atoms with van der Waals surface area (Å²) in [6.45, 7) is 5.73. The normalized spacial score (nSPS) is 16.4. The van der Waals surface area contributed by atoms with Crippen molar-refractivity contribution in [1.29, 1.82) is 0 Å². The number of sulfonamides is 1. The standard InChI is InChI=1S/C26H31N3O3S/c1-4-20-15-27-26(28-16-20)22-9-7-21(8-10-22)6-5-13-32-24-12-11-23-18-29(33(3,30)31)17-19(2)25(23)14-24/h7-12,14-16,19H,4-6,13,17-18H2,1-3H3. The van der Waals surface area contributed by atoms with Gasteiger partial charge in [0.2, 0.25) is 10.0 Å². The molecule has 0 aliphatic carbocycles. The largest absolute Gasteiger partial charge is 0.494 e. The molecule has 0 saturated carbocycles. The number of fused-ring (bicyclic) bond motifs is 1. The van der Waals surface area contributed by atoms with Crippen LogP contribution in [0.3, 0.4) is 0 Å². The Hall–Kier alpha value is -2.77. The van der Waals surface area contributed by atoms with Gasteiger partial charge in [0, 0.05) is 31.0 Å². The Balaban J connectivity index is 1.29. The SMILES string of the molecule is CCc1cnc(-c2ccc(CCCOc3ccc4c(c3)C(C)CN(S(C)(=O)=O)C4)cc2)nc1. The van der Waals surface area contributed by atoms with Crippen molar-refractivity contribution < 1.29 is 13.2 Å². The molecule has 174 valence electrons. The first-order valence-electron chi connectivity index (χ1n) is 11.4. The minimum Gasteiger partial charge on any atom is -0.494 e. The average Bonchev–Trinajstić information content (AvgIpc) is 2.82. The van der Waals surface area contributed by atoms with Gasteiger partial charge >= 0.3 is 0 Å². The van der Waals surface area contributed by atoms with Crippen molar-refractivity contribution in [3.05, 3.63) is 77.1 Å². The Bertz CT molecular complexity index is 1190. The van der Waals surface area contributed by atoms with E-state index in [1.807, 2.05) is 24.5 Å². The van der Waals surface area contributed by atoms with Crippen molar-refractivity contribution in [3.8, 4) is 17.1 Å². The number of hydrogen-bond donors (Lipinski definition) is 0. The molecule has 1 aliphatic heterocycles. The molecule has 0 bridgehead atoms. The van der Waals surface area contributed by atoms with Gasteiger partial charge in [-0.25, -0.2) is 18.4 Å². The summed E-state index contributed by atoms with van der Waals surface area (Å²) >= 11 is 0. The first-order valence-corrected chi connectivity index (χ1v) is 13.3. The number of ether oxygens (including phenoxy) is 1. The van der Waals surface area contributed by atoms with Crippen LogP contribution in [0.1, 0.15) is 48.4 Å². The minimum atomic E-state index is -3.18. The molecule has 0 N–H and O–H groups in total. The van der Waals surface area contributed by atoms with Crippen LogP contribution in [-0.2, 0) is 29.4 Å². The summed E-state index contributed by atoms with van der Waals surface area (Å²) in [4.78, 5) is 8.89. The molecule has 0 radical (unpaired) electrons. The second-order valence-electron chi connectivity index (χ2n) is 8.73. The molecule has 0 amide bonds. The highest BCUT2D eigenvalue weighted by molar-refractivity contribution is 7.88. The van der Waals surface area contributed by atoms with E-state index in [0.29, 0.717) is 19.7 Å². The summed E-state index contributed by atoms with van der Waals surface area (Å²) in [7, 11) is -3.18. The topological polar surface area (TPSA) is 72.4 Å². The van der Waals surface area contributed by atoms with E-state index in [4.69, 9.17) is 4.74 Å². The van der Waals surface area contributed by atoms with Crippen LogP contribution in [0, 0.1) is 0 Å². The molecule has 6 nitrogen and oxygen atoms in total. The summed E-state index contributed by atoms with van der Waals surface area (Å²) in [5.41, 5.74) is 5.65. The molecule has 33 heavy (non-hydrogen) atoms. The molecule has 1 unspecified atom stereocenters. The predicted molar refractivity (Wildman–Crippen MR) is 131 cm³/mol. The molecule has 0 saturated heterocycles. The quantitative estimate of drug-likeness (QED) is 0.455. The fourth-order valence-electron chi connectivity index (χ4n) is 4.15. The number of nitrogens with zero attached hydrogens (tertiary/aromatic N) is 3. The highest BCUT2D eigenvalue weighted by atomic mass is 32.2. The Morgan fingerprint density at radius 3 is 2.45 bits per heavy atom. The minimum absolute atomic E-state index is 0.146. The molecular weight excluding hydrogens is 434 g/mol. The van der Waals surface area contributed by atoms with Gasteiger partial charge in [-0.05, 0) is 59.6 Å². The summed E-state index contributed by atoms with van der Waals surface area (Å²) in [5, 5.41) is 0. The van der Waals surface area contributed by atoms with Gasteiger partial charge < -0.3 is 4.74 Å². The molecular formula is C26H31N3O3S. The van der Waals surface area contributed by atoms with Crippen LogP contribution < -0.4 is 4.74 Å². The van der Waals surface area contributed by atoms with Crippen LogP contribution >= 0.6 is 0 Å². The Labute approximate surface area is 196 Å². The Morgan fingerprint density at radius 1 is 1.06 bits per heavy atom. The Morgan fingerprint density at radius 2 is 1.79 bits per heavy atom. The zero-order chi connectivity index (χ0) is 23.4. The van der Waals surface area contributed by atoms with E-state index in [0.717, 1.165) is 47.5 Å². The molecule has 0 fully saturated rings. The van der Waals surface area contributed by atoms with Crippen LogP contribution in [-0.4, -0.2) is 42.1 Å². The highest BCUT2D eigenvalue weighted by Crippen LogP contribution is 2.32. The van der Waals surface area contributed by atoms with Gasteiger partial charge in [0.25, 0.3) is 0 Å². The zero-order valence-corrected chi connectivity index (χ0v) is 20.3. The van der Waals surface area contributed by atoms with Crippen molar-refractivity contribution in [2.24, 2.45) is 0 Å². The smallest absolute Gasteiger partial charge is 0.211 e. The summed E-state index contributed by atoms with van der Waals surface area (Å²) in [6, 6.07) is 14.4. The zero-order valence-electron chi connectivity index (χ0n) is 19.5. The molecule has 7 heteroatoms. The first kappa shape index (κ1) is 23.4. The molecule has 1 aromatic heterocycles. The van der Waals surface area contributed by atoms with Crippen molar-refractivity contribution in [2.75, 3.05) is 19.4 Å². The molecule has 3 aromatic rings. The van der Waals surface area contributed by atoms with Crippen LogP contribution in [0.4, 0.5) is 0 Å². The molecule has 0 spiro atoms. The highest BCUT2D eigenvalue weighted by Gasteiger charge is 2.27. The number of aryl methyl sites for hydroxylation is 2. The van der Waals surface area contributed by atoms with E-state index in [-0.39, 0.29) is 5.92 Å². The fraction of sp³-hybridized carbons (Fsp3) is 0.385. The number of benzene rings is 2. The van der Waals surface area contributed by atoms with E-state index in [2.05, 4.69) is 54.1 Å². The van der Waals surface area contributed by atoms with Gasteiger partial charge in [-0.2, -0.15) is 4.31 Å². The van der Waals surface area contributed by atoms with Crippen LogP contribution in [0.15, 0.2) is 54.9 Å². The van der Waals surface area contributed by atoms with E-state index >= 15 is 0 Å². The molecule has 2 heterocycles. The maximum absolute atomic E-state index is 11.9. The Kier molecular flexibility index (Phi) is 7.10. The summed E-state index contributed by atoms with van der Waals surface area (Å²) in [6.07, 6.45) is 7.82.